The van der Waals surface area contributed by atoms with Gasteiger partial charge in [-0.25, -0.2) is 18.4 Å². The largest absolute Gasteiger partial charge is 0.365 e. The summed E-state index contributed by atoms with van der Waals surface area (Å²) in [4.78, 5) is 31.7. The van der Waals surface area contributed by atoms with Gasteiger partial charge < -0.3 is 11.1 Å². The fraction of sp³-hybridized carbons (Fsp3) is 0.143. The molecular weight excluding hydrogens is 596 g/mol. The predicted molar refractivity (Wildman–Crippen MR) is 155 cm³/mol. The predicted octanol–water partition coefficient (Wildman–Crippen LogP) is 3.95. The molecule has 44 heavy (non-hydrogen) atoms. The van der Waals surface area contributed by atoms with Crippen LogP contribution < -0.4 is 11.1 Å². The molecule has 16 heteroatoms. The van der Waals surface area contributed by atoms with Crippen molar-refractivity contribution in [3.8, 4) is 5.82 Å². The monoisotopic (exact) mass is 617 g/mol. The molecular formula is C28H22ClF2N11O2. The Morgan fingerprint density at radius 1 is 1.05 bits per heavy atom. The summed E-state index contributed by atoms with van der Waals surface area (Å²) in [5.74, 6) is -2.08. The number of tetrazole rings is 1. The average molecular weight is 618 g/mol. The van der Waals surface area contributed by atoms with Crippen LogP contribution in [0, 0.1) is 6.92 Å². The van der Waals surface area contributed by atoms with Crippen LogP contribution in [0.2, 0.25) is 5.02 Å². The first-order chi connectivity index (χ1) is 21.2. The minimum atomic E-state index is -2.90. The molecule has 2 amide bonds. The van der Waals surface area contributed by atoms with Gasteiger partial charge in [0.25, 0.3) is 11.8 Å². The third-order valence-electron chi connectivity index (χ3n) is 6.61. The number of nitrogens with one attached hydrogen (secondary N) is 1. The number of primary amides is 1. The van der Waals surface area contributed by atoms with E-state index in [0.29, 0.717) is 23.0 Å². The summed E-state index contributed by atoms with van der Waals surface area (Å²) in [6.45, 7) is 2.00. The first-order valence-electron chi connectivity index (χ1n) is 13.1. The van der Waals surface area contributed by atoms with Gasteiger partial charge in [0.05, 0.1) is 28.5 Å². The van der Waals surface area contributed by atoms with E-state index in [9.17, 15) is 18.4 Å². The number of carbonyl (C=O) groups is 2. The minimum absolute atomic E-state index is 0.0284. The molecule has 0 atom stereocenters. The van der Waals surface area contributed by atoms with Gasteiger partial charge in [0, 0.05) is 17.8 Å². The number of pyridine rings is 1. The van der Waals surface area contributed by atoms with Crippen LogP contribution in [-0.4, -0.2) is 56.6 Å². The number of nitrogens with zero attached hydrogens (tertiary/aromatic N) is 9. The molecule has 3 N–H and O–H groups in total. The zero-order valence-corrected chi connectivity index (χ0v) is 23.7. The Morgan fingerprint density at radius 3 is 2.55 bits per heavy atom. The van der Waals surface area contributed by atoms with Crippen LogP contribution in [0.4, 0.5) is 14.5 Å². The SMILES string of the molecule is Cc1cc2cn(Cc3ccccc3)nc2c(C(N)=O)c1NC(=O)c1cc(Cn2nnc(C(F)F)n2)nn1-c1ncccc1Cl. The zero-order chi connectivity index (χ0) is 31.0. The number of fused-ring (bicyclic) bond motifs is 1. The second-order valence-electron chi connectivity index (χ2n) is 9.73. The molecule has 0 unspecified atom stereocenters. The summed E-state index contributed by atoms with van der Waals surface area (Å²) in [6.07, 6.45) is 0.363. The van der Waals surface area contributed by atoms with Crippen molar-refractivity contribution < 1.29 is 18.4 Å². The number of nitrogens with two attached hydrogens (primary N) is 1. The lowest BCUT2D eigenvalue weighted by Gasteiger charge is -2.14. The molecule has 0 aliphatic rings. The Balaban J connectivity index is 1.38. The van der Waals surface area contributed by atoms with Crippen molar-refractivity contribution in [1.82, 2.24) is 44.8 Å². The standard InChI is InChI=1S/C28H22ClF2N11O2/c1-15-10-17-13-40(12-16-6-3-2-4-7-16)37-23(17)21(25(32)43)22(15)34-28(44)20-11-18(14-41-38-26(24(30)31)35-39-41)36-42(20)27-19(29)8-5-9-33-27/h2-11,13,24H,12,14H2,1H3,(H2,32,43)(H,34,44). The number of aryl methyl sites for hydroxylation is 1. The molecule has 0 aliphatic heterocycles. The first-order valence-corrected chi connectivity index (χ1v) is 13.5. The summed E-state index contributed by atoms with van der Waals surface area (Å²) >= 11 is 6.37. The highest BCUT2D eigenvalue weighted by molar-refractivity contribution is 6.32. The van der Waals surface area contributed by atoms with Crippen LogP contribution in [0.3, 0.4) is 0 Å². The zero-order valence-electron chi connectivity index (χ0n) is 22.9. The topological polar surface area (TPSA) is 164 Å². The molecule has 4 aromatic heterocycles. The molecule has 0 aliphatic carbocycles. The Hall–Kier alpha value is -5.57. The van der Waals surface area contributed by atoms with Gasteiger partial charge in [0.2, 0.25) is 5.82 Å². The molecule has 222 valence electrons. The van der Waals surface area contributed by atoms with Crippen molar-refractivity contribution in [2.75, 3.05) is 5.32 Å². The van der Waals surface area contributed by atoms with Gasteiger partial charge in [-0.1, -0.05) is 41.9 Å². The number of benzene rings is 2. The van der Waals surface area contributed by atoms with Crippen molar-refractivity contribution in [2.24, 2.45) is 5.73 Å². The molecule has 0 saturated carbocycles. The molecule has 6 aromatic rings. The quantitative estimate of drug-likeness (QED) is 0.246. The van der Waals surface area contributed by atoms with Gasteiger partial charge in [-0.05, 0) is 47.5 Å². The third kappa shape index (κ3) is 5.59. The van der Waals surface area contributed by atoms with Gasteiger partial charge >= 0.3 is 6.43 Å². The van der Waals surface area contributed by atoms with Gasteiger partial charge in [0.1, 0.15) is 17.8 Å². The number of alkyl halides is 2. The highest BCUT2D eigenvalue weighted by Crippen LogP contribution is 2.30. The summed E-state index contributed by atoms with van der Waals surface area (Å²) < 4.78 is 28.8. The van der Waals surface area contributed by atoms with Crippen LogP contribution in [0.1, 0.15) is 49.9 Å². The molecule has 0 radical (unpaired) electrons. The average Bonchev–Trinajstić information content (AvgIpc) is 3.73. The Bertz CT molecular complexity index is 2020. The molecule has 0 fully saturated rings. The third-order valence-corrected chi connectivity index (χ3v) is 6.91. The number of hydrogen-bond donors (Lipinski definition) is 2. The van der Waals surface area contributed by atoms with E-state index in [2.05, 4.69) is 35.9 Å². The van der Waals surface area contributed by atoms with Gasteiger partial charge in [0.15, 0.2) is 5.82 Å². The fourth-order valence-electron chi connectivity index (χ4n) is 4.71. The number of rotatable bonds is 9. The highest BCUT2D eigenvalue weighted by atomic mass is 35.5. The second-order valence-corrected chi connectivity index (χ2v) is 10.1. The van der Waals surface area contributed by atoms with E-state index in [1.54, 1.807) is 36.0 Å². The Labute approximate surface area is 252 Å². The van der Waals surface area contributed by atoms with Crippen LogP contribution in [0.5, 0.6) is 0 Å². The maximum atomic E-state index is 13.8. The number of carbonyl (C=O) groups excluding carboxylic acids is 2. The van der Waals surface area contributed by atoms with E-state index in [1.165, 1.54) is 16.9 Å². The highest BCUT2D eigenvalue weighted by Gasteiger charge is 2.25. The molecule has 4 heterocycles. The van der Waals surface area contributed by atoms with Gasteiger partial charge in [-0.15, -0.1) is 10.2 Å². The van der Waals surface area contributed by atoms with E-state index in [1.807, 2.05) is 30.3 Å². The lowest BCUT2D eigenvalue weighted by Crippen LogP contribution is -2.22. The number of aromatic nitrogens is 9. The van der Waals surface area contributed by atoms with Crippen LogP contribution in [-0.2, 0) is 13.1 Å². The number of anilines is 1. The van der Waals surface area contributed by atoms with Crippen molar-refractivity contribution in [2.45, 2.75) is 26.4 Å². The fourth-order valence-corrected chi connectivity index (χ4v) is 4.91. The number of hydrogen-bond acceptors (Lipinski definition) is 8. The lowest BCUT2D eigenvalue weighted by atomic mass is 10.0. The number of amides is 2. The van der Waals surface area contributed by atoms with Crippen molar-refractivity contribution in [3.63, 3.8) is 0 Å². The molecule has 13 nitrogen and oxygen atoms in total. The van der Waals surface area contributed by atoms with Crippen LogP contribution >= 0.6 is 11.6 Å². The Kier molecular flexibility index (Phi) is 7.53. The molecule has 0 bridgehead atoms. The molecule has 2 aromatic carbocycles. The summed E-state index contributed by atoms with van der Waals surface area (Å²) in [5, 5.41) is 23.2. The van der Waals surface area contributed by atoms with Crippen molar-refractivity contribution in [1.29, 1.82) is 0 Å². The maximum absolute atomic E-state index is 13.8. The van der Waals surface area contributed by atoms with E-state index in [-0.39, 0.29) is 40.0 Å². The van der Waals surface area contributed by atoms with Crippen LogP contribution in [0.25, 0.3) is 16.7 Å². The smallest absolute Gasteiger partial charge is 0.301 e. The normalized spacial score (nSPS) is 11.4. The van der Waals surface area contributed by atoms with Gasteiger partial charge in [-0.2, -0.15) is 15.0 Å². The molecule has 0 spiro atoms. The van der Waals surface area contributed by atoms with E-state index in [4.69, 9.17) is 17.3 Å². The maximum Gasteiger partial charge on any atom is 0.301 e. The van der Waals surface area contributed by atoms with Crippen molar-refractivity contribution in [3.05, 3.63) is 106 Å². The lowest BCUT2D eigenvalue weighted by molar-refractivity contribution is 0.100. The summed E-state index contributed by atoms with van der Waals surface area (Å²) in [6, 6.07) is 16.0. The Morgan fingerprint density at radius 2 is 1.84 bits per heavy atom. The summed E-state index contributed by atoms with van der Waals surface area (Å²) in [7, 11) is 0. The summed E-state index contributed by atoms with van der Waals surface area (Å²) in [5.41, 5.74) is 8.11. The van der Waals surface area contributed by atoms with E-state index >= 15 is 0 Å². The van der Waals surface area contributed by atoms with E-state index in [0.717, 1.165) is 10.4 Å². The first kappa shape index (κ1) is 28.5. The number of halogens is 3. The minimum Gasteiger partial charge on any atom is -0.365 e. The van der Waals surface area contributed by atoms with Gasteiger partial charge in [-0.3, -0.25) is 14.3 Å². The van der Waals surface area contributed by atoms with Crippen LogP contribution in [0.15, 0.2) is 67.0 Å². The van der Waals surface area contributed by atoms with E-state index < -0.39 is 24.1 Å². The second kappa shape index (κ2) is 11.6. The van der Waals surface area contributed by atoms with Crippen molar-refractivity contribution >= 4 is 40.0 Å². The molecule has 0 saturated heterocycles. The molecule has 6 rings (SSSR count).